The molecule has 0 saturated carbocycles. The number of fused-ring (bicyclic) bond motifs is 1. The lowest BCUT2D eigenvalue weighted by Gasteiger charge is -2.27. The molecule has 3 rings (SSSR count). The van der Waals surface area contributed by atoms with Crippen LogP contribution >= 0.6 is 24.2 Å². The molecule has 0 aromatic heterocycles. The van der Waals surface area contributed by atoms with E-state index in [4.69, 9.17) is 0 Å². The van der Waals surface area contributed by atoms with Crippen molar-refractivity contribution in [1.29, 1.82) is 0 Å². The van der Waals surface area contributed by atoms with Gasteiger partial charge in [0.2, 0.25) is 5.91 Å². The fourth-order valence-corrected chi connectivity index (χ4v) is 3.26. The van der Waals surface area contributed by atoms with Crippen LogP contribution in [-0.2, 0) is 4.79 Å². The Balaban J connectivity index is 0.00000161. The van der Waals surface area contributed by atoms with Crippen LogP contribution < -0.4 is 5.32 Å². The first kappa shape index (κ1) is 16.1. The predicted molar refractivity (Wildman–Crippen MR) is 91.4 cm³/mol. The van der Waals surface area contributed by atoms with Crippen molar-refractivity contribution in [3.05, 3.63) is 42.5 Å². The summed E-state index contributed by atoms with van der Waals surface area (Å²) in [6.45, 7) is 3.48. The molecule has 1 fully saturated rings. The van der Waals surface area contributed by atoms with Gasteiger partial charge in [0.1, 0.15) is 0 Å². The molecule has 0 unspecified atom stereocenters. The third kappa shape index (κ3) is 4.13. The molecule has 0 spiro atoms. The lowest BCUT2D eigenvalue weighted by molar-refractivity contribution is -0.128. The van der Waals surface area contributed by atoms with Crippen LogP contribution in [0.1, 0.15) is 0 Å². The molecule has 0 aliphatic carbocycles. The lowest BCUT2D eigenvalue weighted by atomic mass is 10.1. The summed E-state index contributed by atoms with van der Waals surface area (Å²) in [5, 5.41) is 5.73. The number of nitrogens with one attached hydrogen (secondary N) is 1. The molecule has 1 heterocycles. The van der Waals surface area contributed by atoms with E-state index < -0.39 is 0 Å². The van der Waals surface area contributed by atoms with Crippen LogP contribution in [0.15, 0.2) is 47.4 Å². The number of carbonyl (C=O) groups is 1. The average Bonchev–Trinajstić information content (AvgIpc) is 2.53. The highest BCUT2D eigenvalue weighted by molar-refractivity contribution is 8.00. The van der Waals surface area contributed by atoms with Gasteiger partial charge in [-0.05, 0) is 22.9 Å². The highest BCUT2D eigenvalue weighted by atomic mass is 35.5. The molecule has 0 radical (unpaired) electrons. The van der Waals surface area contributed by atoms with Gasteiger partial charge in [-0.1, -0.05) is 30.3 Å². The van der Waals surface area contributed by atoms with Crippen molar-refractivity contribution < 1.29 is 4.79 Å². The Labute approximate surface area is 135 Å². The van der Waals surface area contributed by atoms with Gasteiger partial charge in [-0.3, -0.25) is 4.79 Å². The fourth-order valence-electron chi connectivity index (χ4n) is 2.41. The normalized spacial score (nSPS) is 14.8. The zero-order chi connectivity index (χ0) is 13.8. The van der Waals surface area contributed by atoms with Gasteiger partial charge in [0.05, 0.1) is 5.75 Å². The zero-order valence-electron chi connectivity index (χ0n) is 11.7. The third-order valence-corrected chi connectivity index (χ3v) is 4.53. The number of hydrogen-bond acceptors (Lipinski definition) is 3. The summed E-state index contributed by atoms with van der Waals surface area (Å²) in [5.74, 6) is 0.767. The van der Waals surface area contributed by atoms with E-state index in [-0.39, 0.29) is 18.3 Å². The maximum absolute atomic E-state index is 12.1. The van der Waals surface area contributed by atoms with Gasteiger partial charge in [-0.2, -0.15) is 0 Å². The summed E-state index contributed by atoms with van der Waals surface area (Å²) >= 11 is 1.63. The van der Waals surface area contributed by atoms with E-state index in [1.807, 2.05) is 17.0 Å². The quantitative estimate of drug-likeness (QED) is 0.882. The number of piperazine rings is 1. The van der Waals surface area contributed by atoms with Gasteiger partial charge in [0, 0.05) is 31.1 Å². The number of nitrogens with zero attached hydrogens (tertiary/aromatic N) is 1. The van der Waals surface area contributed by atoms with E-state index in [0.29, 0.717) is 5.75 Å². The first-order valence-corrected chi connectivity index (χ1v) is 7.91. The second-order valence-electron chi connectivity index (χ2n) is 4.93. The summed E-state index contributed by atoms with van der Waals surface area (Å²) in [6.07, 6.45) is 0. The van der Waals surface area contributed by atoms with Gasteiger partial charge < -0.3 is 10.2 Å². The molecule has 112 valence electrons. The van der Waals surface area contributed by atoms with Crippen LogP contribution in [0.4, 0.5) is 0 Å². The fraction of sp³-hybridized carbons (Fsp3) is 0.312. The summed E-state index contributed by atoms with van der Waals surface area (Å²) in [5.41, 5.74) is 0. The van der Waals surface area contributed by atoms with E-state index in [9.17, 15) is 4.79 Å². The maximum atomic E-state index is 12.1. The first-order valence-electron chi connectivity index (χ1n) is 6.93. The standard InChI is InChI=1S/C16H18N2OS.ClH/c19-16(18-9-7-17-8-10-18)12-20-15-6-5-13-3-1-2-4-14(13)11-15;/h1-6,11,17H,7-10,12H2;1H. The van der Waals surface area contributed by atoms with E-state index in [1.54, 1.807) is 11.8 Å². The molecule has 1 saturated heterocycles. The average molecular weight is 323 g/mol. The Hall–Kier alpha value is -1.23. The van der Waals surface area contributed by atoms with Gasteiger partial charge in [0.15, 0.2) is 0 Å². The number of halogens is 1. The molecule has 0 atom stereocenters. The Kier molecular flexibility index (Phi) is 5.91. The smallest absolute Gasteiger partial charge is 0.233 e. The van der Waals surface area contributed by atoms with Crippen LogP contribution in [0.2, 0.25) is 0 Å². The number of benzene rings is 2. The molecule has 0 bridgehead atoms. The number of carbonyl (C=O) groups excluding carboxylic acids is 1. The van der Waals surface area contributed by atoms with Crippen LogP contribution in [0, 0.1) is 0 Å². The molecule has 1 aliphatic rings. The van der Waals surface area contributed by atoms with Crippen LogP contribution in [-0.4, -0.2) is 42.7 Å². The topological polar surface area (TPSA) is 32.3 Å². The molecule has 1 amide bonds. The highest BCUT2D eigenvalue weighted by Crippen LogP contribution is 2.23. The monoisotopic (exact) mass is 322 g/mol. The molecule has 3 nitrogen and oxygen atoms in total. The second kappa shape index (κ2) is 7.69. The Morgan fingerprint density at radius 1 is 1.10 bits per heavy atom. The van der Waals surface area contributed by atoms with Crippen molar-refractivity contribution in [1.82, 2.24) is 10.2 Å². The maximum Gasteiger partial charge on any atom is 0.233 e. The second-order valence-corrected chi connectivity index (χ2v) is 5.98. The van der Waals surface area contributed by atoms with Crippen molar-refractivity contribution in [2.45, 2.75) is 4.90 Å². The molecule has 2 aromatic rings. The Morgan fingerprint density at radius 2 is 1.81 bits per heavy atom. The molecular weight excluding hydrogens is 304 g/mol. The predicted octanol–water partition coefficient (Wildman–Crippen LogP) is 2.79. The third-order valence-electron chi connectivity index (χ3n) is 3.55. The Morgan fingerprint density at radius 3 is 2.57 bits per heavy atom. The van der Waals surface area contributed by atoms with E-state index in [1.165, 1.54) is 10.8 Å². The van der Waals surface area contributed by atoms with Gasteiger partial charge in [0.25, 0.3) is 0 Å². The minimum Gasteiger partial charge on any atom is -0.339 e. The molecule has 1 aliphatic heterocycles. The zero-order valence-corrected chi connectivity index (χ0v) is 13.4. The highest BCUT2D eigenvalue weighted by Gasteiger charge is 2.15. The summed E-state index contributed by atoms with van der Waals surface area (Å²) in [4.78, 5) is 15.2. The van der Waals surface area contributed by atoms with Crippen molar-refractivity contribution in [2.24, 2.45) is 0 Å². The number of hydrogen-bond donors (Lipinski definition) is 1. The largest absolute Gasteiger partial charge is 0.339 e. The summed E-state index contributed by atoms with van der Waals surface area (Å²) in [7, 11) is 0. The van der Waals surface area contributed by atoms with E-state index >= 15 is 0 Å². The minimum atomic E-state index is 0. The number of thioether (sulfide) groups is 1. The van der Waals surface area contributed by atoms with Crippen molar-refractivity contribution in [3.8, 4) is 0 Å². The van der Waals surface area contributed by atoms with Crippen molar-refractivity contribution in [2.75, 3.05) is 31.9 Å². The van der Waals surface area contributed by atoms with Crippen LogP contribution in [0.25, 0.3) is 10.8 Å². The van der Waals surface area contributed by atoms with Crippen LogP contribution in [0.3, 0.4) is 0 Å². The summed E-state index contributed by atoms with van der Waals surface area (Å²) < 4.78 is 0. The number of amides is 1. The molecule has 2 aromatic carbocycles. The molecular formula is C16H19ClN2OS. The van der Waals surface area contributed by atoms with Crippen molar-refractivity contribution in [3.63, 3.8) is 0 Å². The minimum absolute atomic E-state index is 0. The summed E-state index contributed by atoms with van der Waals surface area (Å²) in [6, 6.07) is 14.7. The van der Waals surface area contributed by atoms with Gasteiger partial charge in [-0.25, -0.2) is 0 Å². The van der Waals surface area contributed by atoms with E-state index in [0.717, 1.165) is 31.1 Å². The SMILES string of the molecule is Cl.O=C(CSc1ccc2ccccc2c1)N1CCNCC1. The molecule has 5 heteroatoms. The molecule has 1 N–H and O–H groups in total. The number of rotatable bonds is 3. The van der Waals surface area contributed by atoms with E-state index in [2.05, 4.69) is 35.6 Å². The van der Waals surface area contributed by atoms with Gasteiger partial charge >= 0.3 is 0 Å². The lowest BCUT2D eigenvalue weighted by Crippen LogP contribution is -2.47. The van der Waals surface area contributed by atoms with Crippen molar-refractivity contribution >= 4 is 40.8 Å². The first-order chi connectivity index (χ1) is 9.83. The van der Waals surface area contributed by atoms with Gasteiger partial charge in [-0.15, -0.1) is 24.2 Å². The van der Waals surface area contributed by atoms with Crippen LogP contribution in [0.5, 0.6) is 0 Å². The molecule has 21 heavy (non-hydrogen) atoms. The Bertz CT molecular complexity index is 614.